The number of ether oxygens (including phenoxy) is 1. The Labute approximate surface area is 183 Å². The van der Waals surface area contributed by atoms with Crippen molar-refractivity contribution in [3.63, 3.8) is 0 Å². The SMILES string of the molecule is COC(=O)[C@@H](C)Cc1cn(C(c2ccccc2)(c2ccccc2)c2ccccc2)cn1. The standard InChI is InChI=1S/C27H26N2O2/c1-21(26(30)31-2)18-25-19-29(20-28-25)27(22-12-6-3-7-13-22,23-14-8-4-9-15-23)24-16-10-5-11-17-24/h3-17,19-21H,18H2,1-2H3/t21-/m0/s1. The van der Waals surface area contributed by atoms with E-state index in [0.29, 0.717) is 6.42 Å². The predicted octanol–water partition coefficient (Wildman–Crippen LogP) is 5.07. The van der Waals surface area contributed by atoms with Crippen molar-refractivity contribution < 1.29 is 9.53 Å². The zero-order chi connectivity index (χ0) is 21.7. The molecule has 0 radical (unpaired) electrons. The average Bonchev–Trinajstić information content (AvgIpc) is 3.29. The molecule has 156 valence electrons. The molecule has 31 heavy (non-hydrogen) atoms. The zero-order valence-corrected chi connectivity index (χ0v) is 17.8. The second-order valence-electron chi connectivity index (χ2n) is 7.71. The number of benzene rings is 3. The van der Waals surface area contributed by atoms with Crippen LogP contribution in [-0.4, -0.2) is 22.6 Å². The molecule has 0 saturated carbocycles. The molecule has 0 spiro atoms. The number of imidazole rings is 1. The largest absolute Gasteiger partial charge is 0.469 e. The lowest BCUT2D eigenvalue weighted by molar-refractivity contribution is -0.144. The second-order valence-corrected chi connectivity index (χ2v) is 7.71. The maximum atomic E-state index is 11.9. The third kappa shape index (κ3) is 3.89. The minimum atomic E-state index is -0.594. The zero-order valence-electron chi connectivity index (χ0n) is 17.8. The Kier molecular flexibility index (Phi) is 5.99. The first-order valence-corrected chi connectivity index (χ1v) is 10.4. The van der Waals surface area contributed by atoms with Gasteiger partial charge >= 0.3 is 5.97 Å². The van der Waals surface area contributed by atoms with Crippen LogP contribution in [0.3, 0.4) is 0 Å². The van der Waals surface area contributed by atoms with Crippen LogP contribution in [-0.2, 0) is 21.5 Å². The molecule has 0 unspecified atom stereocenters. The molecule has 1 atom stereocenters. The minimum absolute atomic E-state index is 0.227. The van der Waals surface area contributed by atoms with Gasteiger partial charge in [0.2, 0.25) is 0 Å². The number of carbonyl (C=O) groups excluding carboxylic acids is 1. The molecule has 0 fully saturated rings. The summed E-state index contributed by atoms with van der Waals surface area (Å²) in [5, 5.41) is 0. The molecule has 0 N–H and O–H groups in total. The molecular formula is C27H26N2O2. The Hall–Kier alpha value is -3.66. The fourth-order valence-electron chi connectivity index (χ4n) is 4.24. The van der Waals surface area contributed by atoms with Crippen LogP contribution in [0.15, 0.2) is 104 Å². The van der Waals surface area contributed by atoms with Crippen LogP contribution in [0.4, 0.5) is 0 Å². The summed E-state index contributed by atoms with van der Waals surface area (Å²) in [4.78, 5) is 16.6. The van der Waals surface area contributed by atoms with Gasteiger partial charge in [0.25, 0.3) is 0 Å². The number of hydrogen-bond acceptors (Lipinski definition) is 3. The van der Waals surface area contributed by atoms with Gasteiger partial charge in [-0.25, -0.2) is 4.98 Å². The first-order chi connectivity index (χ1) is 15.2. The monoisotopic (exact) mass is 410 g/mol. The molecule has 4 nitrogen and oxygen atoms in total. The summed E-state index contributed by atoms with van der Waals surface area (Å²) in [5.41, 5.74) is 3.67. The Bertz CT molecular complexity index is 1020. The molecule has 0 bridgehead atoms. The topological polar surface area (TPSA) is 44.1 Å². The van der Waals surface area contributed by atoms with Crippen LogP contribution < -0.4 is 0 Å². The van der Waals surface area contributed by atoms with E-state index >= 15 is 0 Å². The summed E-state index contributed by atoms with van der Waals surface area (Å²) in [6.45, 7) is 1.86. The highest BCUT2D eigenvalue weighted by Crippen LogP contribution is 2.40. The quantitative estimate of drug-likeness (QED) is 0.315. The van der Waals surface area contributed by atoms with Crippen LogP contribution in [0.2, 0.25) is 0 Å². The predicted molar refractivity (Wildman–Crippen MR) is 122 cm³/mol. The Balaban J connectivity index is 1.93. The summed E-state index contributed by atoms with van der Waals surface area (Å²) in [6, 6.07) is 31.4. The molecule has 4 aromatic rings. The third-order valence-corrected chi connectivity index (χ3v) is 5.72. The van der Waals surface area contributed by atoms with Crippen molar-refractivity contribution in [3.05, 3.63) is 126 Å². The van der Waals surface area contributed by atoms with Gasteiger partial charge in [0.15, 0.2) is 0 Å². The number of esters is 1. The van der Waals surface area contributed by atoms with Crippen LogP contribution in [0.5, 0.6) is 0 Å². The van der Waals surface area contributed by atoms with E-state index in [0.717, 1.165) is 22.4 Å². The van der Waals surface area contributed by atoms with Gasteiger partial charge in [-0.1, -0.05) is 97.9 Å². The van der Waals surface area contributed by atoms with Gasteiger partial charge in [-0.2, -0.15) is 0 Å². The fourth-order valence-corrected chi connectivity index (χ4v) is 4.24. The summed E-state index contributed by atoms with van der Waals surface area (Å²) < 4.78 is 7.05. The number of hydrogen-bond donors (Lipinski definition) is 0. The van der Waals surface area contributed by atoms with Crippen molar-refractivity contribution >= 4 is 5.97 Å². The van der Waals surface area contributed by atoms with Gasteiger partial charge in [-0.05, 0) is 16.7 Å². The fraction of sp³-hybridized carbons (Fsp3) is 0.185. The van der Waals surface area contributed by atoms with Gasteiger partial charge in [-0.15, -0.1) is 0 Å². The molecule has 4 rings (SSSR count). The summed E-state index contributed by atoms with van der Waals surface area (Å²) >= 11 is 0. The molecule has 0 aliphatic heterocycles. The molecule has 0 saturated heterocycles. The smallest absolute Gasteiger partial charge is 0.308 e. The molecule has 1 aromatic heterocycles. The maximum Gasteiger partial charge on any atom is 0.308 e. The number of aromatic nitrogens is 2. The maximum absolute atomic E-state index is 11.9. The van der Waals surface area contributed by atoms with Gasteiger partial charge in [-0.3, -0.25) is 4.79 Å². The number of carbonyl (C=O) groups is 1. The van der Waals surface area contributed by atoms with Crippen molar-refractivity contribution in [1.82, 2.24) is 9.55 Å². The molecule has 0 aliphatic carbocycles. The van der Waals surface area contributed by atoms with Crippen LogP contribution in [0, 0.1) is 5.92 Å². The highest BCUT2D eigenvalue weighted by Gasteiger charge is 2.38. The van der Waals surface area contributed by atoms with Crippen LogP contribution in [0.25, 0.3) is 0 Å². The highest BCUT2D eigenvalue weighted by molar-refractivity contribution is 5.72. The highest BCUT2D eigenvalue weighted by atomic mass is 16.5. The lowest BCUT2D eigenvalue weighted by Crippen LogP contribution is -2.37. The lowest BCUT2D eigenvalue weighted by atomic mass is 9.77. The molecule has 4 heteroatoms. The normalized spacial score (nSPS) is 12.3. The number of nitrogens with zero attached hydrogens (tertiary/aromatic N) is 2. The van der Waals surface area contributed by atoms with Crippen molar-refractivity contribution in [1.29, 1.82) is 0 Å². The molecular weight excluding hydrogens is 384 g/mol. The van der Waals surface area contributed by atoms with Gasteiger partial charge in [0, 0.05) is 12.6 Å². The average molecular weight is 411 g/mol. The van der Waals surface area contributed by atoms with E-state index in [2.05, 4.69) is 82.3 Å². The Morgan fingerprint density at radius 1 is 0.871 bits per heavy atom. The number of methoxy groups -OCH3 is 1. The van der Waals surface area contributed by atoms with Crippen LogP contribution >= 0.6 is 0 Å². The second kappa shape index (κ2) is 9.00. The summed E-state index contributed by atoms with van der Waals surface area (Å²) in [5.74, 6) is -0.483. The van der Waals surface area contributed by atoms with Crippen molar-refractivity contribution in [3.8, 4) is 0 Å². The van der Waals surface area contributed by atoms with Crippen LogP contribution in [0.1, 0.15) is 29.3 Å². The summed E-state index contributed by atoms with van der Waals surface area (Å²) in [6.07, 6.45) is 4.44. The van der Waals surface area contributed by atoms with E-state index in [4.69, 9.17) is 4.74 Å². The molecule has 3 aromatic carbocycles. The van der Waals surface area contributed by atoms with E-state index < -0.39 is 5.54 Å². The van der Waals surface area contributed by atoms with E-state index in [1.54, 1.807) is 0 Å². The summed E-state index contributed by atoms with van der Waals surface area (Å²) in [7, 11) is 1.42. The molecule has 0 amide bonds. The van der Waals surface area contributed by atoms with E-state index in [9.17, 15) is 4.79 Å². The van der Waals surface area contributed by atoms with Crippen molar-refractivity contribution in [2.24, 2.45) is 5.92 Å². The van der Waals surface area contributed by atoms with Gasteiger partial charge < -0.3 is 9.30 Å². The lowest BCUT2D eigenvalue weighted by Gasteiger charge is -2.37. The third-order valence-electron chi connectivity index (χ3n) is 5.72. The van der Waals surface area contributed by atoms with E-state index in [1.165, 1.54) is 7.11 Å². The minimum Gasteiger partial charge on any atom is -0.469 e. The van der Waals surface area contributed by atoms with Gasteiger partial charge in [0.1, 0.15) is 5.54 Å². The Morgan fingerprint density at radius 3 is 1.74 bits per heavy atom. The van der Waals surface area contributed by atoms with Crippen molar-refractivity contribution in [2.45, 2.75) is 18.9 Å². The molecule has 0 aliphatic rings. The molecule has 1 heterocycles. The Morgan fingerprint density at radius 2 is 1.32 bits per heavy atom. The van der Waals surface area contributed by atoms with Crippen molar-refractivity contribution in [2.75, 3.05) is 7.11 Å². The van der Waals surface area contributed by atoms with E-state index in [1.807, 2.05) is 37.6 Å². The first kappa shape index (κ1) is 20.6. The first-order valence-electron chi connectivity index (χ1n) is 10.4. The van der Waals surface area contributed by atoms with E-state index in [-0.39, 0.29) is 11.9 Å². The van der Waals surface area contributed by atoms with Gasteiger partial charge in [0.05, 0.1) is 25.0 Å². The number of rotatable bonds is 7.